The van der Waals surface area contributed by atoms with Crippen LogP contribution in [0.25, 0.3) is 16.7 Å². The molecule has 0 radical (unpaired) electrons. The Morgan fingerprint density at radius 3 is 1.31 bits per heavy atom. The van der Waals surface area contributed by atoms with Crippen molar-refractivity contribution in [1.29, 1.82) is 0 Å². The lowest BCUT2D eigenvalue weighted by Gasteiger charge is -2.45. The molecule has 0 atom stereocenters. The summed E-state index contributed by atoms with van der Waals surface area (Å²) in [5, 5.41) is 6.26. The Balaban J connectivity index is 1.43. The molecule has 4 aliphatic rings. The van der Waals surface area contributed by atoms with Gasteiger partial charge < -0.3 is 4.90 Å². The monoisotopic (exact) mass is 732 g/mol. The molecule has 0 amide bonds. The fourth-order valence-corrected chi connectivity index (χ4v) is 16.1. The number of rotatable bonds is 5. The molecule has 5 heteroatoms. The standard InChI is InChI=1S/C47H45N2PS2/c51-46-44(50(36-24-10-3-11-25-36,37-26-12-4-13-27-37)38-28-14-5-15-29-38)45(43-41-32-18-16-30-39(41)40-31-17-19-33-42(40)43)52-47(48-46)49(34-20-6-1-7-21-34)35-22-8-2-9-23-35/h3-5,10-19,24-35H,1-2,6-9,20-23H2. The van der Waals surface area contributed by atoms with E-state index in [1.54, 1.807) is 0 Å². The minimum Gasteiger partial charge on any atom is -0.345 e. The molecule has 5 aromatic rings. The lowest BCUT2D eigenvalue weighted by molar-refractivity contribution is 0.161. The van der Waals surface area contributed by atoms with Gasteiger partial charge in [-0.3, -0.25) is 0 Å². The molecule has 0 N–H and O–H groups in total. The minimum absolute atomic E-state index is 0.513. The third-order valence-electron chi connectivity index (χ3n) is 11.6. The van der Waals surface area contributed by atoms with Crippen molar-refractivity contribution in [3.8, 4) is 11.1 Å². The van der Waals surface area contributed by atoms with E-state index in [-0.39, 0.29) is 0 Å². The Kier molecular flexibility index (Phi) is 9.65. The Hall–Kier alpha value is -3.95. The van der Waals surface area contributed by atoms with Crippen LogP contribution in [0, 0.1) is 0 Å². The SMILES string of the molecule is S=C1N=C(N(C2CCCCC2)C2CCCCC2)SC(=C2c3ccccc3-c3ccccc32)C1=P(c1ccccc1)(c1ccccc1)c1ccccc1. The highest BCUT2D eigenvalue weighted by Gasteiger charge is 2.42. The third kappa shape index (κ3) is 5.88. The van der Waals surface area contributed by atoms with Crippen LogP contribution in [-0.4, -0.2) is 32.4 Å². The second-order valence-corrected chi connectivity index (χ2v) is 19.3. The van der Waals surface area contributed by atoms with Crippen molar-refractivity contribution in [3.63, 3.8) is 0 Å². The Bertz CT molecular complexity index is 2040. The highest BCUT2D eigenvalue weighted by Crippen LogP contribution is 2.56. The molecular weight excluding hydrogens is 688 g/mol. The van der Waals surface area contributed by atoms with Gasteiger partial charge in [0, 0.05) is 27.9 Å². The zero-order valence-electron chi connectivity index (χ0n) is 29.7. The maximum absolute atomic E-state index is 6.81. The first kappa shape index (κ1) is 33.9. The van der Waals surface area contributed by atoms with E-state index in [0.29, 0.717) is 12.1 Å². The summed E-state index contributed by atoms with van der Waals surface area (Å²) in [4.78, 5) is 10.5. The molecule has 0 bridgehead atoms. The van der Waals surface area contributed by atoms with Crippen LogP contribution in [0.2, 0.25) is 0 Å². The molecule has 0 spiro atoms. The van der Waals surface area contributed by atoms with Gasteiger partial charge in [0.15, 0.2) is 5.17 Å². The summed E-state index contributed by atoms with van der Waals surface area (Å²) in [5.74, 6) is 0. The summed E-state index contributed by atoms with van der Waals surface area (Å²) in [6.45, 7) is -2.57. The van der Waals surface area contributed by atoms with Crippen molar-refractivity contribution in [3.05, 3.63) is 156 Å². The van der Waals surface area contributed by atoms with Gasteiger partial charge in [0.05, 0.1) is 0 Å². The van der Waals surface area contributed by atoms with Gasteiger partial charge in [-0.05, 0) is 70.7 Å². The quantitative estimate of drug-likeness (QED) is 0.130. The molecule has 3 aliphatic carbocycles. The molecule has 0 saturated heterocycles. The number of thiocarbonyl (C=S) groups is 1. The van der Waals surface area contributed by atoms with Gasteiger partial charge in [-0.15, -0.1) is 0 Å². The van der Waals surface area contributed by atoms with Gasteiger partial charge in [0.25, 0.3) is 0 Å². The number of fused-ring (bicyclic) bond motifs is 3. The first-order valence-corrected chi connectivity index (χ1v) is 22.2. The lowest BCUT2D eigenvalue weighted by atomic mass is 9.89. The van der Waals surface area contributed by atoms with Gasteiger partial charge in [-0.1, -0.05) is 202 Å². The fraction of sp³-hybridized carbons (Fsp3) is 0.255. The number of thioether (sulfide) groups is 1. The second-order valence-electron chi connectivity index (χ2n) is 14.6. The van der Waals surface area contributed by atoms with Crippen molar-refractivity contribution < 1.29 is 0 Å². The minimum atomic E-state index is -2.57. The predicted octanol–water partition coefficient (Wildman–Crippen LogP) is 11.0. The van der Waals surface area contributed by atoms with E-state index in [0.717, 1.165) is 10.2 Å². The van der Waals surface area contributed by atoms with E-state index in [9.17, 15) is 0 Å². The number of aliphatic imine (C=N–C) groups is 1. The fourth-order valence-electron chi connectivity index (χ4n) is 9.35. The summed E-state index contributed by atoms with van der Waals surface area (Å²) >= 11 is 8.75. The van der Waals surface area contributed by atoms with E-state index in [2.05, 4.69) is 144 Å². The van der Waals surface area contributed by atoms with Gasteiger partial charge in [0.1, 0.15) is 4.99 Å². The lowest BCUT2D eigenvalue weighted by Crippen LogP contribution is -2.49. The normalized spacial score (nSPS) is 18.2. The Morgan fingerprint density at radius 2 is 0.885 bits per heavy atom. The van der Waals surface area contributed by atoms with Gasteiger partial charge >= 0.3 is 0 Å². The Morgan fingerprint density at radius 1 is 0.500 bits per heavy atom. The smallest absolute Gasteiger partial charge is 0.170 e. The zero-order chi connectivity index (χ0) is 34.9. The van der Waals surface area contributed by atoms with Crippen LogP contribution < -0.4 is 15.9 Å². The maximum atomic E-state index is 6.81. The molecular formula is C47H45N2PS2. The molecule has 2 fully saturated rings. The van der Waals surface area contributed by atoms with Crippen molar-refractivity contribution in [1.82, 2.24) is 4.90 Å². The predicted molar refractivity (Wildman–Crippen MR) is 231 cm³/mol. The summed E-state index contributed by atoms with van der Waals surface area (Å²) in [5.41, 5.74) is 6.49. The van der Waals surface area contributed by atoms with Gasteiger partial charge in [-0.2, -0.15) is 0 Å². The molecule has 2 saturated carbocycles. The van der Waals surface area contributed by atoms with Crippen LogP contribution in [-0.2, 0) is 0 Å². The number of benzene rings is 5. The van der Waals surface area contributed by atoms with Crippen LogP contribution in [0.1, 0.15) is 75.3 Å². The molecule has 52 heavy (non-hydrogen) atoms. The highest BCUT2D eigenvalue weighted by molar-refractivity contribution is 8.20. The average molecular weight is 733 g/mol. The Labute approximate surface area is 319 Å². The first-order valence-electron chi connectivity index (χ1n) is 19.2. The molecule has 0 unspecified atom stereocenters. The van der Waals surface area contributed by atoms with E-state index >= 15 is 0 Å². The van der Waals surface area contributed by atoms with E-state index in [4.69, 9.17) is 17.2 Å². The summed E-state index contributed by atoms with van der Waals surface area (Å²) in [7, 11) is 0. The van der Waals surface area contributed by atoms with Crippen LogP contribution in [0.4, 0.5) is 0 Å². The van der Waals surface area contributed by atoms with Crippen molar-refractivity contribution in [2.45, 2.75) is 76.3 Å². The highest BCUT2D eigenvalue weighted by atomic mass is 32.2. The molecule has 260 valence electrons. The van der Waals surface area contributed by atoms with Crippen LogP contribution >= 0.6 is 30.9 Å². The number of nitrogens with zero attached hydrogens (tertiary/aromatic N) is 2. The number of amidine groups is 1. The van der Waals surface area contributed by atoms with Gasteiger partial charge in [-0.25, -0.2) is 4.99 Å². The van der Waals surface area contributed by atoms with E-state index < -0.39 is 6.89 Å². The third-order valence-corrected chi connectivity index (χ3v) is 17.7. The van der Waals surface area contributed by atoms with E-state index in [1.165, 1.54) is 118 Å². The topological polar surface area (TPSA) is 15.6 Å². The number of hydrogen-bond acceptors (Lipinski definition) is 3. The summed E-state index contributed by atoms with van der Waals surface area (Å²) in [6, 6.07) is 52.7. The molecule has 5 aromatic carbocycles. The molecule has 2 nitrogen and oxygen atoms in total. The van der Waals surface area contributed by atoms with E-state index in [1.807, 2.05) is 11.8 Å². The maximum Gasteiger partial charge on any atom is 0.170 e. The molecule has 1 aliphatic heterocycles. The average Bonchev–Trinajstić information content (AvgIpc) is 3.55. The first-order chi connectivity index (χ1) is 25.7. The molecule has 1 heterocycles. The summed E-state index contributed by atoms with van der Waals surface area (Å²) < 4.78 is 0. The van der Waals surface area contributed by atoms with Crippen LogP contribution in [0.5, 0.6) is 0 Å². The molecule has 9 rings (SSSR count). The number of hydrogen-bond donors (Lipinski definition) is 0. The van der Waals surface area contributed by atoms with Crippen molar-refractivity contribution in [2.75, 3.05) is 0 Å². The second kappa shape index (κ2) is 14.8. The van der Waals surface area contributed by atoms with Crippen molar-refractivity contribution in [2.24, 2.45) is 4.99 Å². The molecule has 0 aromatic heterocycles. The largest absolute Gasteiger partial charge is 0.345 e. The summed E-state index contributed by atoms with van der Waals surface area (Å²) in [6.07, 6.45) is 12.8. The van der Waals surface area contributed by atoms with Crippen LogP contribution in [0.3, 0.4) is 0 Å². The zero-order valence-corrected chi connectivity index (χ0v) is 32.2. The van der Waals surface area contributed by atoms with Crippen molar-refractivity contribution >= 4 is 67.8 Å². The van der Waals surface area contributed by atoms with Gasteiger partial charge in [0.2, 0.25) is 0 Å². The van der Waals surface area contributed by atoms with Crippen LogP contribution in [0.15, 0.2) is 149 Å².